The van der Waals surface area contributed by atoms with Crippen molar-refractivity contribution in [1.29, 1.82) is 0 Å². The van der Waals surface area contributed by atoms with Gasteiger partial charge in [0, 0.05) is 0 Å². The van der Waals surface area contributed by atoms with Crippen LogP contribution in [-0.2, 0) is 0 Å². The lowest BCUT2D eigenvalue weighted by atomic mass is 10.0. The molecule has 95 valence electrons. The van der Waals surface area contributed by atoms with Crippen LogP contribution in [0.25, 0.3) is 0 Å². The van der Waals surface area contributed by atoms with Gasteiger partial charge in [0.1, 0.15) is 0 Å². The van der Waals surface area contributed by atoms with Gasteiger partial charge in [-0.05, 0) is 30.5 Å². The maximum absolute atomic E-state index is 12.1. The van der Waals surface area contributed by atoms with Gasteiger partial charge < -0.3 is 9.47 Å². The Morgan fingerprint density at radius 1 is 1.18 bits per heavy atom. The van der Waals surface area contributed by atoms with Crippen molar-refractivity contribution in [2.24, 2.45) is 0 Å². The largest absolute Gasteiger partial charge is 0.573 e. The van der Waals surface area contributed by atoms with Crippen LogP contribution < -0.4 is 9.47 Å². The second-order valence-corrected chi connectivity index (χ2v) is 3.64. The normalized spacial score (nSPS) is 11.7. The highest BCUT2D eigenvalue weighted by Gasteiger charge is 2.32. The smallest absolute Gasteiger partial charge is 0.490 e. The predicted molar refractivity (Wildman–Crippen MR) is 58.0 cm³/mol. The van der Waals surface area contributed by atoms with Crippen LogP contribution in [0.15, 0.2) is 18.2 Å². The molecule has 0 saturated carbocycles. The average molecular weight is 247 g/mol. The second kappa shape index (κ2) is 5.29. The van der Waals surface area contributed by atoms with Gasteiger partial charge in [-0.15, -0.1) is 13.2 Å². The minimum Gasteiger partial charge on any atom is -0.490 e. The first-order valence-electron chi connectivity index (χ1n) is 5.16. The molecule has 0 bridgehead atoms. The number of ether oxygens (including phenoxy) is 2. The van der Waals surface area contributed by atoms with Gasteiger partial charge in [-0.25, -0.2) is 0 Å². The molecule has 0 spiro atoms. The molecule has 0 N–H and O–H groups in total. The number of hydrogen-bond acceptors (Lipinski definition) is 2. The summed E-state index contributed by atoms with van der Waals surface area (Å²) in [7, 11) is 0. The molecule has 0 aromatic heterocycles. The van der Waals surface area contributed by atoms with E-state index in [2.05, 4.69) is 4.74 Å². The van der Waals surface area contributed by atoms with E-state index in [0.717, 1.165) is 11.5 Å². The summed E-state index contributed by atoms with van der Waals surface area (Å²) < 4.78 is 45.4. The van der Waals surface area contributed by atoms with E-state index in [0.29, 0.717) is 0 Å². The first kappa shape index (κ1) is 13.7. The summed E-state index contributed by atoms with van der Waals surface area (Å²) in [5, 5.41) is 0. The molecule has 0 atom stereocenters. The summed E-state index contributed by atoms with van der Waals surface area (Å²) in [4.78, 5) is 0. The Bertz CT molecular complexity index is 373. The molecule has 1 aromatic carbocycles. The monoisotopic (exact) mass is 247 g/mol. The van der Waals surface area contributed by atoms with Crippen LogP contribution in [0.5, 0.6) is 11.5 Å². The van der Waals surface area contributed by atoms with Gasteiger partial charge in [0.05, 0.1) is 6.61 Å². The van der Waals surface area contributed by atoms with Gasteiger partial charge in [0.15, 0.2) is 11.5 Å². The van der Waals surface area contributed by atoms with Crippen molar-refractivity contribution >= 4 is 0 Å². The zero-order valence-electron chi connectivity index (χ0n) is 9.89. The highest BCUT2D eigenvalue weighted by atomic mass is 19.4. The molecule has 1 radical (unpaired) electrons. The van der Waals surface area contributed by atoms with Crippen LogP contribution in [0.1, 0.15) is 26.3 Å². The Labute approximate surface area is 98.3 Å². The van der Waals surface area contributed by atoms with Crippen molar-refractivity contribution in [3.63, 3.8) is 0 Å². The van der Waals surface area contributed by atoms with E-state index >= 15 is 0 Å². The predicted octanol–water partition coefficient (Wildman–Crippen LogP) is 3.95. The first-order valence-corrected chi connectivity index (χ1v) is 5.16. The SMILES string of the molecule is CCOc1cc([C](C)C)ccc1OC(F)(F)F. The number of benzene rings is 1. The molecule has 1 rings (SSSR count). The third kappa shape index (κ3) is 4.17. The van der Waals surface area contributed by atoms with E-state index in [-0.39, 0.29) is 18.1 Å². The number of rotatable bonds is 4. The van der Waals surface area contributed by atoms with E-state index in [9.17, 15) is 13.2 Å². The van der Waals surface area contributed by atoms with Gasteiger partial charge >= 0.3 is 6.36 Å². The van der Waals surface area contributed by atoms with Gasteiger partial charge in [-0.3, -0.25) is 0 Å². The Kier molecular flexibility index (Phi) is 4.26. The molecule has 0 unspecified atom stereocenters. The van der Waals surface area contributed by atoms with Gasteiger partial charge in [0.25, 0.3) is 0 Å². The summed E-state index contributed by atoms with van der Waals surface area (Å²) >= 11 is 0. The fourth-order valence-electron chi connectivity index (χ4n) is 1.30. The Morgan fingerprint density at radius 2 is 1.82 bits per heavy atom. The van der Waals surface area contributed by atoms with Gasteiger partial charge in [-0.1, -0.05) is 19.9 Å². The minimum atomic E-state index is -4.71. The lowest BCUT2D eigenvalue weighted by Gasteiger charge is -2.15. The molecule has 0 aliphatic heterocycles. The summed E-state index contributed by atoms with van der Waals surface area (Å²) in [6.07, 6.45) is -4.71. The van der Waals surface area contributed by atoms with Crippen LogP contribution >= 0.6 is 0 Å². The van der Waals surface area contributed by atoms with E-state index in [4.69, 9.17) is 4.74 Å². The van der Waals surface area contributed by atoms with Crippen LogP contribution in [0.2, 0.25) is 0 Å². The molecule has 2 nitrogen and oxygen atoms in total. The lowest BCUT2D eigenvalue weighted by Crippen LogP contribution is -2.17. The van der Waals surface area contributed by atoms with Gasteiger partial charge in [-0.2, -0.15) is 0 Å². The minimum absolute atomic E-state index is 0.100. The summed E-state index contributed by atoms with van der Waals surface area (Å²) in [5.41, 5.74) is 0.822. The van der Waals surface area contributed by atoms with Crippen molar-refractivity contribution in [3.8, 4) is 11.5 Å². The molecule has 5 heteroatoms. The van der Waals surface area contributed by atoms with Crippen molar-refractivity contribution in [2.75, 3.05) is 6.61 Å². The molecule has 0 amide bonds. The molecular formula is C12H14F3O2. The highest BCUT2D eigenvalue weighted by molar-refractivity contribution is 5.46. The molecule has 1 aromatic rings. The molecule has 0 aliphatic carbocycles. The quantitative estimate of drug-likeness (QED) is 0.802. The molecular weight excluding hydrogens is 233 g/mol. The summed E-state index contributed by atoms with van der Waals surface area (Å²) in [6, 6.07) is 4.37. The fraction of sp³-hybridized carbons (Fsp3) is 0.417. The topological polar surface area (TPSA) is 18.5 Å². The molecule has 0 heterocycles. The first-order chi connectivity index (χ1) is 7.83. The zero-order valence-corrected chi connectivity index (χ0v) is 9.89. The fourth-order valence-corrected chi connectivity index (χ4v) is 1.30. The maximum atomic E-state index is 12.1. The maximum Gasteiger partial charge on any atom is 0.573 e. The summed E-state index contributed by atoms with van der Waals surface area (Å²) in [5.74, 6) is 0.775. The van der Waals surface area contributed by atoms with Crippen LogP contribution in [-0.4, -0.2) is 13.0 Å². The lowest BCUT2D eigenvalue weighted by molar-refractivity contribution is -0.275. The third-order valence-corrected chi connectivity index (χ3v) is 2.05. The zero-order chi connectivity index (χ0) is 13.1. The average Bonchev–Trinajstić information content (AvgIpc) is 2.18. The van der Waals surface area contributed by atoms with Crippen molar-refractivity contribution < 1.29 is 22.6 Å². The molecule has 0 fully saturated rings. The molecule has 17 heavy (non-hydrogen) atoms. The second-order valence-electron chi connectivity index (χ2n) is 3.64. The Hall–Kier alpha value is -1.39. The Balaban J connectivity index is 3.04. The number of alkyl halides is 3. The van der Waals surface area contributed by atoms with E-state index in [1.807, 2.05) is 13.8 Å². The molecule has 0 saturated heterocycles. The standard InChI is InChI=1S/C12H14F3O2/c1-4-16-11-7-9(8(2)3)5-6-10(11)17-12(13,14)15/h5-7H,4H2,1-3H3. The van der Waals surface area contributed by atoms with E-state index in [1.165, 1.54) is 6.07 Å². The van der Waals surface area contributed by atoms with Crippen LogP contribution in [0, 0.1) is 5.92 Å². The molecule has 0 aliphatic rings. The number of halogens is 3. The van der Waals surface area contributed by atoms with Crippen molar-refractivity contribution in [2.45, 2.75) is 27.1 Å². The van der Waals surface area contributed by atoms with Crippen LogP contribution in [0.4, 0.5) is 13.2 Å². The highest BCUT2D eigenvalue weighted by Crippen LogP contribution is 2.34. The van der Waals surface area contributed by atoms with E-state index < -0.39 is 6.36 Å². The van der Waals surface area contributed by atoms with Crippen molar-refractivity contribution in [1.82, 2.24) is 0 Å². The van der Waals surface area contributed by atoms with Crippen LogP contribution in [0.3, 0.4) is 0 Å². The van der Waals surface area contributed by atoms with E-state index in [1.54, 1.807) is 19.1 Å². The van der Waals surface area contributed by atoms with Crippen molar-refractivity contribution in [3.05, 3.63) is 29.7 Å². The summed E-state index contributed by atoms with van der Waals surface area (Å²) in [6.45, 7) is 5.72. The third-order valence-electron chi connectivity index (χ3n) is 2.05. The van der Waals surface area contributed by atoms with Gasteiger partial charge in [0.2, 0.25) is 0 Å². The number of hydrogen-bond donors (Lipinski definition) is 0. The Morgan fingerprint density at radius 3 is 2.29 bits per heavy atom.